The second-order valence-electron chi connectivity index (χ2n) is 5.09. The van der Waals surface area contributed by atoms with Crippen molar-refractivity contribution in [3.63, 3.8) is 0 Å². The number of rotatable bonds is 4. The summed E-state index contributed by atoms with van der Waals surface area (Å²) in [5.74, 6) is 0.555. The quantitative estimate of drug-likeness (QED) is 0.791. The third-order valence-electron chi connectivity index (χ3n) is 2.12. The van der Waals surface area contributed by atoms with Crippen molar-refractivity contribution in [1.29, 1.82) is 0 Å². The van der Waals surface area contributed by atoms with Crippen LogP contribution in [0.5, 0.6) is 5.75 Å². The van der Waals surface area contributed by atoms with E-state index in [1.165, 1.54) is 0 Å². The lowest BCUT2D eigenvalue weighted by atomic mass is 10.2. The molecule has 1 rings (SSSR count). The summed E-state index contributed by atoms with van der Waals surface area (Å²) < 4.78 is 11.8. The Bertz CT molecular complexity index is 422. The molecular weight excluding hydrogens is 296 g/mol. The first-order chi connectivity index (χ1) is 8.28. The topological polar surface area (TPSA) is 35.5 Å². The van der Waals surface area contributed by atoms with Crippen molar-refractivity contribution in [1.82, 2.24) is 0 Å². The number of hydrogen-bond acceptors (Lipinski definition) is 3. The maximum Gasteiger partial charge on any atom is 0.309 e. The second kappa shape index (κ2) is 6.23. The molecule has 3 nitrogen and oxygen atoms in total. The van der Waals surface area contributed by atoms with E-state index in [0.29, 0.717) is 6.61 Å². The van der Waals surface area contributed by atoms with Crippen LogP contribution in [-0.4, -0.2) is 18.2 Å². The molecular formula is C14H19BrO3. The highest BCUT2D eigenvalue weighted by molar-refractivity contribution is 9.10. The molecule has 0 aromatic heterocycles. The molecule has 0 unspecified atom stereocenters. The minimum absolute atomic E-state index is 0.239. The van der Waals surface area contributed by atoms with Crippen molar-refractivity contribution < 1.29 is 14.3 Å². The molecule has 1 aromatic rings. The number of hydrogen-bond donors (Lipinski definition) is 0. The zero-order valence-corrected chi connectivity index (χ0v) is 12.8. The summed E-state index contributed by atoms with van der Waals surface area (Å²) in [6.07, 6.45) is 0.257. The highest BCUT2D eigenvalue weighted by atomic mass is 79.9. The fourth-order valence-electron chi connectivity index (χ4n) is 1.41. The van der Waals surface area contributed by atoms with Gasteiger partial charge in [0, 0.05) is 4.47 Å². The molecule has 18 heavy (non-hydrogen) atoms. The first kappa shape index (κ1) is 15.0. The van der Waals surface area contributed by atoms with Gasteiger partial charge in [-0.15, -0.1) is 0 Å². The summed E-state index contributed by atoms with van der Waals surface area (Å²) in [5, 5.41) is 0. The van der Waals surface area contributed by atoms with E-state index < -0.39 is 5.60 Å². The SMILES string of the molecule is Cc1cc(Br)ccc1OCCC(=O)OC(C)(C)C. The fourth-order valence-corrected chi connectivity index (χ4v) is 1.89. The van der Waals surface area contributed by atoms with E-state index in [2.05, 4.69) is 15.9 Å². The lowest BCUT2D eigenvalue weighted by molar-refractivity contribution is -0.155. The highest BCUT2D eigenvalue weighted by Gasteiger charge is 2.16. The Morgan fingerprint density at radius 2 is 2.00 bits per heavy atom. The molecule has 0 aliphatic carbocycles. The molecule has 0 N–H and O–H groups in total. The van der Waals surface area contributed by atoms with Crippen molar-refractivity contribution in [3.8, 4) is 5.75 Å². The molecule has 0 heterocycles. The van der Waals surface area contributed by atoms with Crippen LogP contribution in [0.25, 0.3) is 0 Å². The van der Waals surface area contributed by atoms with Crippen LogP contribution < -0.4 is 4.74 Å². The molecule has 0 fully saturated rings. The third kappa shape index (κ3) is 5.54. The zero-order valence-electron chi connectivity index (χ0n) is 11.2. The molecule has 0 aliphatic rings. The van der Waals surface area contributed by atoms with Gasteiger partial charge >= 0.3 is 5.97 Å². The zero-order chi connectivity index (χ0) is 13.8. The summed E-state index contributed by atoms with van der Waals surface area (Å²) in [6.45, 7) is 7.85. The Balaban J connectivity index is 2.40. The number of carbonyl (C=O) groups excluding carboxylic acids is 1. The van der Waals surface area contributed by atoms with Gasteiger partial charge in [0.15, 0.2) is 0 Å². The number of halogens is 1. The number of aryl methyl sites for hydroxylation is 1. The van der Waals surface area contributed by atoms with Crippen LogP contribution in [0.1, 0.15) is 32.8 Å². The molecule has 0 aliphatic heterocycles. The molecule has 0 amide bonds. The smallest absolute Gasteiger partial charge is 0.309 e. The molecule has 0 saturated carbocycles. The third-order valence-corrected chi connectivity index (χ3v) is 2.61. The van der Waals surface area contributed by atoms with Crippen molar-refractivity contribution in [2.75, 3.05) is 6.61 Å². The van der Waals surface area contributed by atoms with Crippen molar-refractivity contribution in [2.24, 2.45) is 0 Å². The summed E-state index contributed by atoms with van der Waals surface area (Å²) in [7, 11) is 0. The van der Waals surface area contributed by atoms with Crippen LogP contribution in [0.2, 0.25) is 0 Å². The summed E-state index contributed by atoms with van der Waals surface area (Å²) in [4.78, 5) is 11.5. The molecule has 1 aromatic carbocycles. The van der Waals surface area contributed by atoms with Gasteiger partial charge in [0.05, 0.1) is 13.0 Å². The minimum atomic E-state index is -0.440. The van der Waals surface area contributed by atoms with E-state index in [9.17, 15) is 4.79 Å². The maximum atomic E-state index is 11.5. The van der Waals surface area contributed by atoms with Crippen molar-refractivity contribution in [2.45, 2.75) is 39.7 Å². The molecule has 4 heteroatoms. The lowest BCUT2D eigenvalue weighted by Crippen LogP contribution is -2.24. The van der Waals surface area contributed by atoms with E-state index in [4.69, 9.17) is 9.47 Å². The van der Waals surface area contributed by atoms with E-state index in [0.717, 1.165) is 15.8 Å². The van der Waals surface area contributed by atoms with Gasteiger partial charge in [-0.25, -0.2) is 0 Å². The van der Waals surface area contributed by atoms with E-state index in [1.54, 1.807) is 0 Å². The molecule has 0 bridgehead atoms. The number of ether oxygens (including phenoxy) is 2. The van der Waals surface area contributed by atoms with Gasteiger partial charge in [-0.3, -0.25) is 4.79 Å². The number of carbonyl (C=O) groups is 1. The second-order valence-corrected chi connectivity index (χ2v) is 6.01. The van der Waals surface area contributed by atoms with Crippen molar-refractivity contribution in [3.05, 3.63) is 28.2 Å². The van der Waals surface area contributed by atoms with Crippen LogP contribution in [0.15, 0.2) is 22.7 Å². The Labute approximate surface area is 117 Å². The Morgan fingerprint density at radius 3 is 2.56 bits per heavy atom. The van der Waals surface area contributed by atoms with Crippen LogP contribution >= 0.6 is 15.9 Å². The van der Waals surface area contributed by atoms with E-state index in [1.807, 2.05) is 45.9 Å². The molecule has 0 saturated heterocycles. The van der Waals surface area contributed by atoms with Gasteiger partial charge in [-0.2, -0.15) is 0 Å². The molecule has 100 valence electrons. The fraction of sp³-hybridized carbons (Fsp3) is 0.500. The lowest BCUT2D eigenvalue weighted by Gasteiger charge is -2.19. The van der Waals surface area contributed by atoms with Crippen LogP contribution in [0.4, 0.5) is 0 Å². The van der Waals surface area contributed by atoms with Gasteiger partial charge in [-0.1, -0.05) is 15.9 Å². The maximum absolute atomic E-state index is 11.5. The molecule has 0 radical (unpaired) electrons. The van der Waals surface area contributed by atoms with Gasteiger partial charge in [0.25, 0.3) is 0 Å². The van der Waals surface area contributed by atoms with Gasteiger partial charge in [-0.05, 0) is 51.5 Å². The predicted octanol–water partition coefficient (Wildman–Crippen LogP) is 3.87. The first-order valence-corrected chi connectivity index (χ1v) is 6.68. The monoisotopic (exact) mass is 314 g/mol. The van der Waals surface area contributed by atoms with Gasteiger partial charge in [0.2, 0.25) is 0 Å². The van der Waals surface area contributed by atoms with Gasteiger partial charge < -0.3 is 9.47 Å². The average Bonchev–Trinajstić information content (AvgIpc) is 2.18. The van der Waals surface area contributed by atoms with E-state index >= 15 is 0 Å². The first-order valence-electron chi connectivity index (χ1n) is 5.89. The predicted molar refractivity (Wildman–Crippen MR) is 74.8 cm³/mol. The number of esters is 1. The molecule has 0 atom stereocenters. The average molecular weight is 315 g/mol. The molecule has 0 spiro atoms. The minimum Gasteiger partial charge on any atom is -0.493 e. The van der Waals surface area contributed by atoms with Crippen LogP contribution in [-0.2, 0) is 9.53 Å². The van der Waals surface area contributed by atoms with Crippen LogP contribution in [0, 0.1) is 6.92 Å². The Hall–Kier alpha value is -1.03. The summed E-state index contributed by atoms with van der Waals surface area (Å²) >= 11 is 3.39. The summed E-state index contributed by atoms with van der Waals surface area (Å²) in [5.41, 5.74) is 0.596. The highest BCUT2D eigenvalue weighted by Crippen LogP contribution is 2.22. The van der Waals surface area contributed by atoms with Crippen molar-refractivity contribution >= 4 is 21.9 Å². The number of benzene rings is 1. The standard InChI is InChI=1S/C14H19BrO3/c1-10-9-11(15)5-6-12(10)17-8-7-13(16)18-14(2,3)4/h5-6,9H,7-8H2,1-4H3. The largest absolute Gasteiger partial charge is 0.493 e. The summed E-state index contributed by atoms with van der Waals surface area (Å²) in [6, 6.07) is 5.77. The Kier molecular flexibility index (Phi) is 5.20. The van der Waals surface area contributed by atoms with E-state index in [-0.39, 0.29) is 12.4 Å². The van der Waals surface area contributed by atoms with Gasteiger partial charge in [0.1, 0.15) is 11.4 Å². The normalized spacial score (nSPS) is 11.2. The van der Waals surface area contributed by atoms with Crippen LogP contribution in [0.3, 0.4) is 0 Å². The Morgan fingerprint density at radius 1 is 1.33 bits per heavy atom.